The molecule has 0 radical (unpaired) electrons. The van der Waals surface area contributed by atoms with Crippen molar-refractivity contribution in [3.05, 3.63) is 120 Å². The Bertz CT molecular complexity index is 1370. The van der Waals surface area contributed by atoms with Crippen LogP contribution in [-0.4, -0.2) is 14.3 Å². The predicted octanol–water partition coefficient (Wildman–Crippen LogP) is 7.00. The average molecular weight is 475 g/mol. The minimum Gasteiger partial charge on any atom is -0.339 e. The summed E-state index contributed by atoms with van der Waals surface area (Å²) in [4.78, 5) is 0.0544. The zero-order valence-corrected chi connectivity index (χ0v) is 18.9. The van der Waals surface area contributed by atoms with E-state index in [1.165, 1.54) is 24.3 Å². The molecule has 8 heteroatoms. The third kappa shape index (κ3) is 6.12. The van der Waals surface area contributed by atoms with E-state index in [1.807, 2.05) is 48.5 Å². The second-order valence-electron chi connectivity index (χ2n) is 6.94. The van der Waals surface area contributed by atoms with Crippen LogP contribution in [0.15, 0.2) is 129 Å². The average Bonchev–Trinajstić information content (AvgIpc) is 2.84. The summed E-state index contributed by atoms with van der Waals surface area (Å²) >= 11 is 5.88. The van der Waals surface area contributed by atoms with E-state index < -0.39 is 10.0 Å². The van der Waals surface area contributed by atoms with Gasteiger partial charge < -0.3 is 5.32 Å². The smallest absolute Gasteiger partial charge is 0.284 e. The summed E-state index contributed by atoms with van der Waals surface area (Å²) in [5.74, 6) is 0.198. The quantitative estimate of drug-likeness (QED) is 0.185. The van der Waals surface area contributed by atoms with Crippen LogP contribution in [0.5, 0.6) is 0 Å². The van der Waals surface area contributed by atoms with Gasteiger partial charge in [-0.25, -0.2) is 0 Å². The van der Waals surface area contributed by atoms with Crippen LogP contribution in [0, 0.1) is 0 Å². The van der Waals surface area contributed by atoms with Crippen LogP contribution in [0.2, 0.25) is 5.02 Å². The first-order valence-electron chi connectivity index (χ1n) is 9.99. The minimum atomic E-state index is -3.96. The Hall–Kier alpha value is -3.81. The summed E-state index contributed by atoms with van der Waals surface area (Å²) in [5, 5.41) is 12.0. The molecule has 0 unspecified atom stereocenters. The lowest BCUT2D eigenvalue weighted by molar-refractivity contribution is 0.598. The molecule has 0 aliphatic heterocycles. The first kappa shape index (κ1) is 22.4. The van der Waals surface area contributed by atoms with Gasteiger partial charge in [-0.1, -0.05) is 60.1 Å². The van der Waals surface area contributed by atoms with Crippen LogP contribution in [-0.2, 0) is 10.0 Å². The molecule has 0 aliphatic rings. The minimum absolute atomic E-state index is 0.0544. The van der Waals surface area contributed by atoms with E-state index in [-0.39, 0.29) is 10.7 Å². The molecule has 0 saturated heterocycles. The lowest BCUT2D eigenvalue weighted by atomic mass is 10.2. The summed E-state index contributed by atoms with van der Waals surface area (Å²) in [7, 11) is -3.96. The topological polar surface area (TPSA) is 83.2 Å². The number of rotatable bonds is 6. The van der Waals surface area contributed by atoms with Crippen molar-refractivity contribution >= 4 is 44.5 Å². The highest BCUT2D eigenvalue weighted by molar-refractivity contribution is 7.90. The molecular formula is C25H19ClN4O2S. The van der Waals surface area contributed by atoms with Crippen LogP contribution in [0.3, 0.4) is 0 Å². The Balaban J connectivity index is 1.60. The summed E-state index contributed by atoms with van der Waals surface area (Å²) in [6.07, 6.45) is 0. The molecule has 0 amide bonds. The number of benzene rings is 4. The van der Waals surface area contributed by atoms with Crippen molar-refractivity contribution in [1.29, 1.82) is 0 Å². The third-order valence-corrected chi connectivity index (χ3v) is 6.08. The Morgan fingerprint density at radius 3 is 1.82 bits per heavy atom. The van der Waals surface area contributed by atoms with Gasteiger partial charge in [0.2, 0.25) is 0 Å². The number of hydrogen-bond donors (Lipinski definition) is 1. The molecule has 6 nitrogen and oxygen atoms in total. The predicted molar refractivity (Wildman–Crippen MR) is 132 cm³/mol. The molecule has 0 aliphatic carbocycles. The molecule has 164 valence electrons. The van der Waals surface area contributed by atoms with Gasteiger partial charge in [0.05, 0.1) is 16.3 Å². The second kappa shape index (κ2) is 10.2. The molecular weight excluding hydrogens is 456 g/mol. The van der Waals surface area contributed by atoms with E-state index in [0.29, 0.717) is 22.0 Å². The van der Waals surface area contributed by atoms with Crippen LogP contribution >= 0.6 is 11.6 Å². The monoisotopic (exact) mass is 474 g/mol. The van der Waals surface area contributed by atoms with E-state index in [0.717, 1.165) is 5.69 Å². The first-order chi connectivity index (χ1) is 16.0. The maximum atomic E-state index is 12.9. The number of anilines is 1. The number of sulfonamides is 1. The molecule has 4 aromatic rings. The molecule has 0 aromatic heterocycles. The number of amidine groups is 1. The summed E-state index contributed by atoms with van der Waals surface area (Å²) in [6.45, 7) is 0. The SMILES string of the molecule is O=S(=O)(/N=C(/Nc1ccc(N=Nc2ccccc2)cc1)c1ccccc1)c1ccc(Cl)cc1. The fourth-order valence-electron chi connectivity index (χ4n) is 2.88. The Kier molecular flexibility index (Phi) is 6.92. The van der Waals surface area contributed by atoms with Gasteiger partial charge in [0.25, 0.3) is 10.0 Å². The molecule has 33 heavy (non-hydrogen) atoms. The summed E-state index contributed by atoms with van der Waals surface area (Å²) in [6, 6.07) is 31.5. The number of nitrogens with zero attached hydrogens (tertiary/aromatic N) is 3. The number of hydrogen-bond acceptors (Lipinski definition) is 4. The van der Waals surface area contributed by atoms with Gasteiger partial charge in [0.1, 0.15) is 0 Å². The Labute approximate surface area is 197 Å². The largest absolute Gasteiger partial charge is 0.339 e. The number of nitrogens with one attached hydrogen (secondary N) is 1. The number of azo groups is 1. The third-order valence-electron chi connectivity index (χ3n) is 4.54. The highest BCUT2D eigenvalue weighted by atomic mass is 35.5. The zero-order valence-electron chi connectivity index (χ0n) is 17.3. The standard InChI is InChI=1S/C25H19ClN4O2S/c26-20-11-17-24(18-12-20)33(31,32)30-25(19-7-3-1-4-8-19)27-21-13-15-23(16-14-21)29-28-22-9-5-2-6-10-22/h1-18H,(H,27,30). The van der Waals surface area contributed by atoms with Gasteiger partial charge in [0.15, 0.2) is 5.84 Å². The van der Waals surface area contributed by atoms with Gasteiger partial charge >= 0.3 is 0 Å². The van der Waals surface area contributed by atoms with Crippen molar-refractivity contribution in [2.24, 2.45) is 14.6 Å². The van der Waals surface area contributed by atoms with E-state index >= 15 is 0 Å². The summed E-state index contributed by atoms with van der Waals surface area (Å²) < 4.78 is 29.9. The fraction of sp³-hybridized carbons (Fsp3) is 0. The fourth-order valence-corrected chi connectivity index (χ4v) is 3.98. The van der Waals surface area contributed by atoms with E-state index in [1.54, 1.807) is 36.4 Å². The van der Waals surface area contributed by atoms with Gasteiger partial charge in [-0.2, -0.15) is 18.6 Å². The van der Waals surface area contributed by atoms with Crippen LogP contribution in [0.4, 0.5) is 17.1 Å². The van der Waals surface area contributed by atoms with E-state index in [2.05, 4.69) is 19.9 Å². The first-order valence-corrected chi connectivity index (χ1v) is 11.8. The Morgan fingerprint density at radius 1 is 0.667 bits per heavy atom. The summed E-state index contributed by atoms with van der Waals surface area (Å²) in [5.41, 5.74) is 2.70. The molecule has 0 spiro atoms. The molecule has 0 heterocycles. The lowest BCUT2D eigenvalue weighted by Crippen LogP contribution is -2.16. The molecule has 1 N–H and O–H groups in total. The maximum Gasteiger partial charge on any atom is 0.284 e. The van der Waals surface area contributed by atoms with Crippen molar-refractivity contribution in [3.8, 4) is 0 Å². The molecule has 4 aromatic carbocycles. The highest BCUT2D eigenvalue weighted by Crippen LogP contribution is 2.22. The van der Waals surface area contributed by atoms with Crippen molar-refractivity contribution < 1.29 is 8.42 Å². The molecule has 0 fully saturated rings. The molecule has 4 rings (SSSR count). The number of halogens is 1. The van der Waals surface area contributed by atoms with Crippen molar-refractivity contribution in [3.63, 3.8) is 0 Å². The van der Waals surface area contributed by atoms with Gasteiger partial charge in [0, 0.05) is 16.3 Å². The molecule has 0 saturated carbocycles. The maximum absolute atomic E-state index is 12.9. The van der Waals surface area contributed by atoms with Crippen LogP contribution < -0.4 is 5.32 Å². The zero-order chi connectivity index (χ0) is 23.1. The highest BCUT2D eigenvalue weighted by Gasteiger charge is 2.16. The molecule has 0 bridgehead atoms. The van der Waals surface area contributed by atoms with Crippen molar-refractivity contribution in [1.82, 2.24) is 0 Å². The van der Waals surface area contributed by atoms with Crippen molar-refractivity contribution in [2.45, 2.75) is 4.90 Å². The molecule has 0 atom stereocenters. The Morgan fingerprint density at radius 2 is 1.21 bits per heavy atom. The van der Waals surface area contributed by atoms with Crippen LogP contribution in [0.1, 0.15) is 5.56 Å². The van der Waals surface area contributed by atoms with Gasteiger partial charge in [-0.15, -0.1) is 4.40 Å². The normalized spacial score (nSPS) is 12.1. The van der Waals surface area contributed by atoms with Crippen LogP contribution in [0.25, 0.3) is 0 Å². The van der Waals surface area contributed by atoms with E-state index in [9.17, 15) is 8.42 Å². The van der Waals surface area contributed by atoms with E-state index in [4.69, 9.17) is 11.6 Å². The van der Waals surface area contributed by atoms with Crippen molar-refractivity contribution in [2.75, 3.05) is 5.32 Å². The lowest BCUT2D eigenvalue weighted by Gasteiger charge is -2.11. The van der Waals surface area contributed by atoms with Gasteiger partial charge in [-0.05, 0) is 60.7 Å². The van der Waals surface area contributed by atoms with Gasteiger partial charge in [-0.3, -0.25) is 0 Å². The second-order valence-corrected chi connectivity index (χ2v) is 8.98.